The highest BCUT2D eigenvalue weighted by molar-refractivity contribution is 6.42. The largest absolute Gasteiger partial charge is 0.484 e. The van der Waals surface area contributed by atoms with Crippen LogP contribution < -0.4 is 10.5 Å². The van der Waals surface area contributed by atoms with Crippen molar-refractivity contribution in [3.63, 3.8) is 0 Å². The number of likely N-dealkylation sites (tertiary alicyclic amines) is 1. The SMILES string of the molecule is CO[C@H]1C[C@@H](C(N)=O)N(C(=O)COc2ccc(Cl)c(Cl)c2)C1. The molecule has 2 atom stereocenters. The maximum Gasteiger partial charge on any atom is 0.261 e. The molecule has 6 nitrogen and oxygen atoms in total. The van der Waals surface area contributed by atoms with Crippen molar-refractivity contribution in [1.82, 2.24) is 4.90 Å². The molecule has 1 aliphatic rings. The molecule has 0 aliphatic carbocycles. The van der Waals surface area contributed by atoms with E-state index in [0.29, 0.717) is 28.8 Å². The van der Waals surface area contributed by atoms with E-state index in [2.05, 4.69) is 0 Å². The van der Waals surface area contributed by atoms with Crippen molar-refractivity contribution in [2.45, 2.75) is 18.6 Å². The average Bonchev–Trinajstić information content (AvgIpc) is 2.93. The summed E-state index contributed by atoms with van der Waals surface area (Å²) in [7, 11) is 1.53. The average molecular weight is 347 g/mol. The lowest BCUT2D eigenvalue weighted by Gasteiger charge is -2.22. The number of halogens is 2. The molecule has 2 rings (SSSR count). The van der Waals surface area contributed by atoms with Crippen molar-refractivity contribution >= 4 is 35.0 Å². The standard InChI is InChI=1S/C14H16Cl2N2O4/c1-21-9-5-12(14(17)20)18(6-9)13(19)7-22-8-2-3-10(15)11(16)4-8/h2-4,9,12H,5-7H2,1H3,(H2,17,20)/t9-,12-/m0/s1. The molecule has 0 aromatic heterocycles. The molecule has 0 spiro atoms. The normalized spacial score (nSPS) is 21.0. The van der Waals surface area contributed by atoms with Gasteiger partial charge >= 0.3 is 0 Å². The Morgan fingerprint density at radius 1 is 1.36 bits per heavy atom. The smallest absolute Gasteiger partial charge is 0.261 e. The van der Waals surface area contributed by atoms with Crippen LogP contribution in [0.5, 0.6) is 5.75 Å². The number of carbonyl (C=O) groups excluding carboxylic acids is 2. The van der Waals surface area contributed by atoms with Crippen molar-refractivity contribution < 1.29 is 19.1 Å². The van der Waals surface area contributed by atoms with Crippen LogP contribution in [-0.2, 0) is 14.3 Å². The molecule has 0 saturated carbocycles. The monoisotopic (exact) mass is 346 g/mol. The Bertz CT molecular complexity index is 582. The highest BCUT2D eigenvalue weighted by Gasteiger charge is 2.38. The number of hydrogen-bond acceptors (Lipinski definition) is 4. The number of amides is 2. The summed E-state index contributed by atoms with van der Waals surface area (Å²) in [5, 5.41) is 0.735. The first-order valence-electron chi connectivity index (χ1n) is 6.61. The van der Waals surface area contributed by atoms with Gasteiger partial charge in [-0.2, -0.15) is 0 Å². The Balaban J connectivity index is 1.98. The molecular weight excluding hydrogens is 331 g/mol. The number of nitrogens with zero attached hydrogens (tertiary/aromatic N) is 1. The molecule has 2 amide bonds. The summed E-state index contributed by atoms with van der Waals surface area (Å²) in [6.45, 7) is 0.0891. The topological polar surface area (TPSA) is 81.9 Å². The fraction of sp³-hybridized carbons (Fsp3) is 0.429. The summed E-state index contributed by atoms with van der Waals surface area (Å²) in [5.41, 5.74) is 5.33. The lowest BCUT2D eigenvalue weighted by atomic mass is 10.2. The third-order valence-corrected chi connectivity index (χ3v) is 4.24. The van der Waals surface area contributed by atoms with E-state index in [1.54, 1.807) is 12.1 Å². The van der Waals surface area contributed by atoms with Gasteiger partial charge in [-0.05, 0) is 12.1 Å². The maximum atomic E-state index is 12.2. The summed E-state index contributed by atoms with van der Waals surface area (Å²) >= 11 is 11.7. The van der Waals surface area contributed by atoms with Gasteiger partial charge in [0.15, 0.2) is 6.61 Å². The van der Waals surface area contributed by atoms with Gasteiger partial charge < -0.3 is 20.1 Å². The van der Waals surface area contributed by atoms with E-state index < -0.39 is 11.9 Å². The molecule has 0 radical (unpaired) electrons. The van der Waals surface area contributed by atoms with Crippen molar-refractivity contribution in [1.29, 1.82) is 0 Å². The van der Waals surface area contributed by atoms with Gasteiger partial charge in [0, 0.05) is 26.1 Å². The van der Waals surface area contributed by atoms with Crippen molar-refractivity contribution in [2.24, 2.45) is 5.73 Å². The predicted octanol–water partition coefficient (Wildman–Crippen LogP) is 1.47. The van der Waals surface area contributed by atoms with Gasteiger partial charge in [0.05, 0.1) is 16.1 Å². The molecule has 1 aromatic carbocycles. The number of carbonyl (C=O) groups is 2. The van der Waals surface area contributed by atoms with Crippen LogP contribution in [-0.4, -0.2) is 49.1 Å². The fourth-order valence-electron chi connectivity index (χ4n) is 2.31. The predicted molar refractivity (Wildman–Crippen MR) is 82.1 cm³/mol. The molecule has 1 aromatic rings. The first kappa shape index (κ1) is 16.9. The fourth-order valence-corrected chi connectivity index (χ4v) is 2.60. The van der Waals surface area contributed by atoms with Crippen LogP contribution >= 0.6 is 23.2 Å². The first-order valence-corrected chi connectivity index (χ1v) is 7.37. The van der Waals surface area contributed by atoms with Gasteiger partial charge in [0.1, 0.15) is 11.8 Å². The van der Waals surface area contributed by atoms with Crippen LogP contribution in [0, 0.1) is 0 Å². The number of methoxy groups -OCH3 is 1. The summed E-state index contributed by atoms with van der Waals surface area (Å²) in [5.74, 6) is -0.474. The number of hydrogen-bond donors (Lipinski definition) is 1. The van der Waals surface area contributed by atoms with Crippen LogP contribution in [0.2, 0.25) is 10.0 Å². The van der Waals surface area contributed by atoms with Crippen LogP contribution in [0.1, 0.15) is 6.42 Å². The second kappa shape index (κ2) is 7.17. The number of nitrogens with two attached hydrogens (primary N) is 1. The van der Waals surface area contributed by atoms with Crippen LogP contribution in [0.3, 0.4) is 0 Å². The summed E-state index contributed by atoms with van der Waals surface area (Å²) in [4.78, 5) is 25.0. The van der Waals surface area contributed by atoms with Crippen LogP contribution in [0.15, 0.2) is 18.2 Å². The van der Waals surface area contributed by atoms with Gasteiger partial charge in [-0.25, -0.2) is 0 Å². The Labute approximate surface area is 138 Å². The molecule has 0 bridgehead atoms. The van der Waals surface area contributed by atoms with Gasteiger partial charge in [0.25, 0.3) is 5.91 Å². The van der Waals surface area contributed by atoms with Gasteiger partial charge in [-0.3, -0.25) is 9.59 Å². The molecule has 22 heavy (non-hydrogen) atoms. The van der Waals surface area contributed by atoms with Crippen molar-refractivity contribution in [3.8, 4) is 5.75 Å². The van der Waals surface area contributed by atoms with Gasteiger partial charge in [-0.15, -0.1) is 0 Å². The summed E-state index contributed by atoms with van der Waals surface area (Å²) < 4.78 is 10.6. The van der Waals surface area contributed by atoms with E-state index >= 15 is 0 Å². The van der Waals surface area contributed by atoms with Crippen LogP contribution in [0.4, 0.5) is 0 Å². The van der Waals surface area contributed by atoms with E-state index in [0.717, 1.165) is 0 Å². The second-order valence-corrected chi connectivity index (χ2v) is 5.74. The maximum absolute atomic E-state index is 12.2. The van der Waals surface area contributed by atoms with E-state index in [1.165, 1.54) is 18.1 Å². The third-order valence-electron chi connectivity index (χ3n) is 3.50. The van der Waals surface area contributed by atoms with E-state index in [4.69, 9.17) is 38.4 Å². The van der Waals surface area contributed by atoms with Crippen LogP contribution in [0.25, 0.3) is 0 Å². The van der Waals surface area contributed by atoms with Gasteiger partial charge in [-0.1, -0.05) is 23.2 Å². The van der Waals surface area contributed by atoms with Crippen molar-refractivity contribution in [2.75, 3.05) is 20.3 Å². The summed E-state index contributed by atoms with van der Waals surface area (Å²) in [6, 6.07) is 4.03. The first-order chi connectivity index (χ1) is 10.4. The zero-order valence-corrected chi connectivity index (χ0v) is 13.4. The molecular formula is C14H16Cl2N2O4. The molecule has 0 unspecified atom stereocenters. The Morgan fingerprint density at radius 3 is 2.68 bits per heavy atom. The molecule has 1 aliphatic heterocycles. The Hall–Kier alpha value is -1.50. The Kier molecular flexibility index (Phi) is 5.50. The lowest BCUT2D eigenvalue weighted by molar-refractivity contribution is -0.139. The van der Waals surface area contributed by atoms with E-state index in [1.807, 2.05) is 0 Å². The number of benzene rings is 1. The number of ether oxygens (including phenoxy) is 2. The second-order valence-electron chi connectivity index (χ2n) is 4.92. The molecule has 1 heterocycles. The minimum absolute atomic E-state index is 0.202. The van der Waals surface area contributed by atoms with E-state index in [9.17, 15) is 9.59 Å². The number of primary amides is 1. The summed E-state index contributed by atoms with van der Waals surface area (Å²) in [6.07, 6.45) is 0.191. The number of rotatable bonds is 5. The van der Waals surface area contributed by atoms with Gasteiger partial charge in [0.2, 0.25) is 5.91 Å². The zero-order chi connectivity index (χ0) is 16.3. The minimum atomic E-state index is -0.671. The highest BCUT2D eigenvalue weighted by atomic mass is 35.5. The third kappa shape index (κ3) is 3.82. The lowest BCUT2D eigenvalue weighted by Crippen LogP contribution is -2.45. The van der Waals surface area contributed by atoms with Crippen molar-refractivity contribution in [3.05, 3.63) is 28.2 Å². The molecule has 1 fully saturated rings. The molecule has 8 heteroatoms. The minimum Gasteiger partial charge on any atom is -0.484 e. The molecule has 2 N–H and O–H groups in total. The molecule has 1 saturated heterocycles. The highest BCUT2D eigenvalue weighted by Crippen LogP contribution is 2.26. The molecule has 120 valence electrons. The zero-order valence-electron chi connectivity index (χ0n) is 11.9. The Morgan fingerprint density at radius 2 is 2.09 bits per heavy atom. The van der Waals surface area contributed by atoms with E-state index in [-0.39, 0.29) is 18.6 Å². The quantitative estimate of drug-likeness (QED) is 0.875.